The van der Waals surface area contributed by atoms with Crippen molar-refractivity contribution in [2.75, 3.05) is 11.9 Å². The largest absolute Gasteiger partial charge is 0.367 e. The van der Waals surface area contributed by atoms with Gasteiger partial charge in [-0.15, -0.1) is 0 Å². The fourth-order valence-electron chi connectivity index (χ4n) is 2.25. The van der Waals surface area contributed by atoms with Crippen LogP contribution in [0.3, 0.4) is 0 Å². The number of hydrogen-bond acceptors (Lipinski definition) is 3. The average molecular weight is 261 g/mol. The van der Waals surface area contributed by atoms with Crippen LogP contribution >= 0.6 is 0 Å². The normalized spacial score (nSPS) is 16.5. The van der Waals surface area contributed by atoms with Gasteiger partial charge in [0.05, 0.1) is 5.56 Å². The van der Waals surface area contributed by atoms with E-state index in [2.05, 4.69) is 22.5 Å². The van der Waals surface area contributed by atoms with Gasteiger partial charge in [0.1, 0.15) is 5.82 Å². The van der Waals surface area contributed by atoms with Gasteiger partial charge in [-0.25, -0.2) is 4.98 Å². The van der Waals surface area contributed by atoms with Crippen LogP contribution in [-0.4, -0.2) is 23.5 Å². The third-order valence-corrected chi connectivity index (χ3v) is 3.79. The molecule has 1 aromatic rings. The lowest BCUT2D eigenvalue weighted by Gasteiger charge is -2.32. The van der Waals surface area contributed by atoms with E-state index < -0.39 is 0 Å². The molecule has 1 aliphatic carbocycles. The molecule has 1 atom stereocenters. The number of amides is 1. The Balaban J connectivity index is 1.88. The van der Waals surface area contributed by atoms with Crippen LogP contribution in [0.2, 0.25) is 0 Å². The molecule has 1 amide bonds. The van der Waals surface area contributed by atoms with Gasteiger partial charge in [0, 0.05) is 18.8 Å². The van der Waals surface area contributed by atoms with E-state index in [1.54, 1.807) is 6.20 Å². The van der Waals surface area contributed by atoms with E-state index in [0.29, 0.717) is 18.2 Å². The van der Waals surface area contributed by atoms with Crippen molar-refractivity contribution in [1.29, 1.82) is 0 Å². The second kappa shape index (κ2) is 6.55. The minimum Gasteiger partial charge on any atom is -0.367 e. The highest BCUT2D eigenvalue weighted by atomic mass is 16.1. The van der Waals surface area contributed by atoms with Gasteiger partial charge < -0.3 is 10.6 Å². The topological polar surface area (TPSA) is 54.0 Å². The summed E-state index contributed by atoms with van der Waals surface area (Å²) in [6.07, 6.45) is 6.55. The summed E-state index contributed by atoms with van der Waals surface area (Å²) in [6, 6.07) is 4.17. The lowest BCUT2D eigenvalue weighted by Crippen LogP contribution is -2.31. The second-order valence-corrected chi connectivity index (χ2v) is 5.31. The summed E-state index contributed by atoms with van der Waals surface area (Å²) in [4.78, 5) is 16.0. The molecule has 0 aromatic carbocycles. The quantitative estimate of drug-likeness (QED) is 0.828. The van der Waals surface area contributed by atoms with Crippen molar-refractivity contribution in [2.24, 2.45) is 5.92 Å². The molecule has 1 unspecified atom stereocenters. The van der Waals surface area contributed by atoms with Crippen LogP contribution in [-0.2, 0) is 0 Å². The Kier molecular flexibility index (Phi) is 4.77. The molecule has 4 nitrogen and oxygen atoms in total. The summed E-state index contributed by atoms with van der Waals surface area (Å²) in [7, 11) is 0. The minimum atomic E-state index is -0.0482. The lowest BCUT2D eigenvalue weighted by atomic mass is 9.80. The number of nitrogens with one attached hydrogen (secondary N) is 2. The van der Waals surface area contributed by atoms with Crippen LogP contribution in [0.1, 0.15) is 49.9 Å². The summed E-state index contributed by atoms with van der Waals surface area (Å²) < 4.78 is 0. The van der Waals surface area contributed by atoms with Gasteiger partial charge in [-0.3, -0.25) is 4.79 Å². The molecule has 2 N–H and O–H groups in total. The van der Waals surface area contributed by atoms with Crippen LogP contribution in [0.15, 0.2) is 18.3 Å². The SMILES string of the molecule is CCCNC(=O)c1ccc(NC(C)C2CCC2)nc1. The van der Waals surface area contributed by atoms with Crippen molar-refractivity contribution in [2.45, 2.75) is 45.6 Å². The molecular formula is C15H23N3O. The molecule has 104 valence electrons. The number of carbonyl (C=O) groups is 1. The number of anilines is 1. The van der Waals surface area contributed by atoms with Gasteiger partial charge in [-0.1, -0.05) is 13.3 Å². The average Bonchev–Trinajstić information content (AvgIpc) is 2.34. The third-order valence-electron chi connectivity index (χ3n) is 3.79. The molecule has 1 aliphatic rings. The van der Waals surface area contributed by atoms with E-state index in [1.807, 2.05) is 19.1 Å². The highest BCUT2D eigenvalue weighted by Crippen LogP contribution is 2.30. The molecule has 0 radical (unpaired) electrons. The first-order valence-electron chi connectivity index (χ1n) is 7.21. The van der Waals surface area contributed by atoms with Crippen molar-refractivity contribution >= 4 is 11.7 Å². The molecule has 1 fully saturated rings. The number of nitrogens with zero attached hydrogens (tertiary/aromatic N) is 1. The van der Waals surface area contributed by atoms with Crippen molar-refractivity contribution in [3.63, 3.8) is 0 Å². The Morgan fingerprint density at radius 2 is 2.26 bits per heavy atom. The fourth-order valence-corrected chi connectivity index (χ4v) is 2.25. The summed E-state index contributed by atoms with van der Waals surface area (Å²) in [6.45, 7) is 4.94. The molecule has 1 saturated carbocycles. The monoisotopic (exact) mass is 261 g/mol. The Morgan fingerprint density at radius 3 is 2.79 bits per heavy atom. The van der Waals surface area contributed by atoms with Gasteiger partial charge in [-0.05, 0) is 44.2 Å². The zero-order chi connectivity index (χ0) is 13.7. The maximum atomic E-state index is 11.7. The van der Waals surface area contributed by atoms with Crippen LogP contribution in [0.25, 0.3) is 0 Å². The number of aromatic nitrogens is 1. The number of carbonyl (C=O) groups excluding carboxylic acids is 1. The molecular weight excluding hydrogens is 238 g/mol. The predicted molar refractivity (Wildman–Crippen MR) is 77.3 cm³/mol. The van der Waals surface area contributed by atoms with E-state index in [-0.39, 0.29) is 5.91 Å². The van der Waals surface area contributed by atoms with Crippen molar-refractivity contribution in [3.8, 4) is 0 Å². The molecule has 0 bridgehead atoms. The van der Waals surface area contributed by atoms with E-state index in [1.165, 1.54) is 19.3 Å². The molecule has 1 heterocycles. The van der Waals surface area contributed by atoms with E-state index in [4.69, 9.17) is 0 Å². The minimum absolute atomic E-state index is 0.0482. The molecule has 0 saturated heterocycles. The van der Waals surface area contributed by atoms with Crippen molar-refractivity contribution < 1.29 is 4.79 Å². The maximum Gasteiger partial charge on any atom is 0.252 e. The Hall–Kier alpha value is -1.58. The zero-order valence-electron chi connectivity index (χ0n) is 11.8. The Bertz CT molecular complexity index is 412. The lowest BCUT2D eigenvalue weighted by molar-refractivity contribution is 0.0953. The summed E-state index contributed by atoms with van der Waals surface area (Å²) in [5.41, 5.74) is 0.621. The van der Waals surface area contributed by atoms with Crippen LogP contribution < -0.4 is 10.6 Å². The summed E-state index contributed by atoms with van der Waals surface area (Å²) >= 11 is 0. The Morgan fingerprint density at radius 1 is 1.47 bits per heavy atom. The standard InChI is InChI=1S/C15H23N3O/c1-3-9-16-15(19)13-7-8-14(17-10-13)18-11(2)12-5-4-6-12/h7-8,10-12H,3-6,9H2,1-2H3,(H,16,19)(H,17,18). The van der Waals surface area contributed by atoms with Crippen LogP contribution in [0.5, 0.6) is 0 Å². The van der Waals surface area contributed by atoms with Gasteiger partial charge in [-0.2, -0.15) is 0 Å². The van der Waals surface area contributed by atoms with Gasteiger partial charge >= 0.3 is 0 Å². The van der Waals surface area contributed by atoms with Crippen LogP contribution in [0, 0.1) is 5.92 Å². The molecule has 4 heteroatoms. The number of pyridine rings is 1. The smallest absolute Gasteiger partial charge is 0.252 e. The zero-order valence-corrected chi connectivity index (χ0v) is 11.8. The number of rotatable bonds is 6. The van der Waals surface area contributed by atoms with Crippen LogP contribution in [0.4, 0.5) is 5.82 Å². The van der Waals surface area contributed by atoms with E-state index >= 15 is 0 Å². The fraction of sp³-hybridized carbons (Fsp3) is 0.600. The summed E-state index contributed by atoms with van der Waals surface area (Å²) in [5.74, 6) is 1.58. The molecule has 2 rings (SSSR count). The molecule has 1 aromatic heterocycles. The highest BCUT2D eigenvalue weighted by molar-refractivity contribution is 5.93. The third kappa shape index (κ3) is 3.69. The highest BCUT2D eigenvalue weighted by Gasteiger charge is 2.23. The molecule has 0 aliphatic heterocycles. The summed E-state index contributed by atoms with van der Waals surface area (Å²) in [5, 5.41) is 6.26. The van der Waals surface area contributed by atoms with Gasteiger partial charge in [0.2, 0.25) is 0 Å². The first-order chi connectivity index (χ1) is 9.20. The first-order valence-corrected chi connectivity index (χ1v) is 7.21. The predicted octanol–water partition coefficient (Wildman–Crippen LogP) is 2.82. The molecule has 0 spiro atoms. The Labute approximate surface area is 115 Å². The van der Waals surface area contributed by atoms with E-state index in [0.717, 1.165) is 18.2 Å². The number of hydrogen-bond donors (Lipinski definition) is 2. The van der Waals surface area contributed by atoms with E-state index in [9.17, 15) is 4.79 Å². The van der Waals surface area contributed by atoms with Crippen molar-refractivity contribution in [3.05, 3.63) is 23.9 Å². The van der Waals surface area contributed by atoms with Gasteiger partial charge in [0.25, 0.3) is 5.91 Å². The van der Waals surface area contributed by atoms with Crippen molar-refractivity contribution in [1.82, 2.24) is 10.3 Å². The first kappa shape index (κ1) is 13.8. The molecule has 19 heavy (non-hydrogen) atoms. The maximum absolute atomic E-state index is 11.7. The second-order valence-electron chi connectivity index (χ2n) is 5.31. The van der Waals surface area contributed by atoms with Gasteiger partial charge in [0.15, 0.2) is 0 Å².